The number of halogens is 3. The van der Waals surface area contributed by atoms with Gasteiger partial charge >= 0.3 is 12.1 Å². The molecule has 1 heterocycles. The number of benzene rings is 2. The lowest BCUT2D eigenvalue weighted by atomic mass is 10.1. The molecule has 2 N–H and O–H groups in total. The lowest BCUT2D eigenvalue weighted by Gasteiger charge is -2.30. The Hall–Kier alpha value is -4.20. The first-order valence-corrected chi connectivity index (χ1v) is 12.5. The standard InChI is InChI=1S/C25H33N3O6.C2HF3O2/c1-5-34-20-8-6-7-18(13-20)16-28(17-23(29)27-11-9-26-10-12-27)25(30)19-14-21(31-2)24(33-4)22(15-19)32-3;3-2(4,5)1(6)7/h6-8,13-15,26H,5,9-12,16-17H2,1-4H3;(H,6,7). The largest absolute Gasteiger partial charge is 0.494 e. The van der Waals surface area contributed by atoms with Crippen LogP contribution in [0.15, 0.2) is 36.4 Å². The average molecular weight is 586 g/mol. The Morgan fingerprint density at radius 3 is 2.07 bits per heavy atom. The van der Waals surface area contributed by atoms with Gasteiger partial charge in [0.05, 0.1) is 27.9 Å². The van der Waals surface area contributed by atoms with Crippen LogP contribution < -0.4 is 24.3 Å². The summed E-state index contributed by atoms with van der Waals surface area (Å²) >= 11 is 0. The van der Waals surface area contributed by atoms with Gasteiger partial charge in [-0.25, -0.2) is 4.79 Å². The highest BCUT2D eigenvalue weighted by Gasteiger charge is 2.38. The number of rotatable bonds is 10. The highest BCUT2D eigenvalue weighted by atomic mass is 19.4. The van der Waals surface area contributed by atoms with Crippen molar-refractivity contribution in [3.05, 3.63) is 47.5 Å². The van der Waals surface area contributed by atoms with E-state index in [9.17, 15) is 22.8 Å². The molecule has 0 bridgehead atoms. The summed E-state index contributed by atoms with van der Waals surface area (Å²) < 4.78 is 53.5. The summed E-state index contributed by atoms with van der Waals surface area (Å²) in [6.07, 6.45) is -5.08. The molecule has 0 aliphatic carbocycles. The van der Waals surface area contributed by atoms with E-state index in [0.29, 0.717) is 48.3 Å². The zero-order chi connectivity index (χ0) is 30.6. The lowest BCUT2D eigenvalue weighted by molar-refractivity contribution is -0.192. The normalized spacial score (nSPS) is 12.9. The van der Waals surface area contributed by atoms with Crippen LogP contribution in [0.25, 0.3) is 0 Å². The number of nitrogens with one attached hydrogen (secondary N) is 1. The Balaban J connectivity index is 0.000000745. The van der Waals surface area contributed by atoms with Crippen molar-refractivity contribution in [1.82, 2.24) is 15.1 Å². The SMILES string of the molecule is CCOc1cccc(CN(CC(=O)N2CCNCC2)C(=O)c2cc(OC)c(OC)c(OC)c2)c1.O=C(O)C(F)(F)F. The third kappa shape index (κ3) is 9.74. The van der Waals surface area contributed by atoms with Crippen molar-refractivity contribution in [3.8, 4) is 23.0 Å². The maximum atomic E-state index is 13.7. The molecule has 0 spiro atoms. The molecule has 41 heavy (non-hydrogen) atoms. The number of nitrogens with zero attached hydrogens (tertiary/aromatic N) is 2. The molecule has 11 nitrogen and oxygen atoms in total. The molecule has 0 saturated carbocycles. The Kier molecular flexibility index (Phi) is 12.5. The first-order valence-electron chi connectivity index (χ1n) is 12.5. The van der Waals surface area contributed by atoms with Crippen molar-refractivity contribution in [1.29, 1.82) is 0 Å². The molecule has 226 valence electrons. The monoisotopic (exact) mass is 585 g/mol. The van der Waals surface area contributed by atoms with E-state index in [-0.39, 0.29) is 24.9 Å². The van der Waals surface area contributed by atoms with Crippen LogP contribution in [0.2, 0.25) is 0 Å². The van der Waals surface area contributed by atoms with Gasteiger partial charge in [0.25, 0.3) is 5.91 Å². The van der Waals surface area contributed by atoms with Gasteiger partial charge < -0.3 is 39.2 Å². The molecule has 3 rings (SSSR count). The fraction of sp³-hybridized carbons (Fsp3) is 0.444. The molecule has 2 aromatic carbocycles. The minimum Gasteiger partial charge on any atom is -0.494 e. The van der Waals surface area contributed by atoms with Gasteiger partial charge in [-0.1, -0.05) is 12.1 Å². The maximum Gasteiger partial charge on any atom is 0.490 e. The maximum absolute atomic E-state index is 13.7. The van der Waals surface area contributed by atoms with Gasteiger partial charge in [-0.15, -0.1) is 0 Å². The highest BCUT2D eigenvalue weighted by Crippen LogP contribution is 2.38. The summed E-state index contributed by atoms with van der Waals surface area (Å²) in [5.74, 6) is -1.31. The molecule has 1 aliphatic heterocycles. The van der Waals surface area contributed by atoms with E-state index in [4.69, 9.17) is 28.8 Å². The van der Waals surface area contributed by atoms with E-state index in [1.807, 2.05) is 31.2 Å². The van der Waals surface area contributed by atoms with Crippen LogP contribution in [-0.2, 0) is 16.1 Å². The molecule has 14 heteroatoms. The Labute approximate surface area is 235 Å². The van der Waals surface area contributed by atoms with Gasteiger partial charge in [0, 0.05) is 38.3 Å². The number of piperazine rings is 1. The molecular formula is C27H34F3N3O8. The Morgan fingerprint density at radius 2 is 1.59 bits per heavy atom. The molecule has 1 saturated heterocycles. The van der Waals surface area contributed by atoms with Crippen LogP contribution in [0.1, 0.15) is 22.8 Å². The van der Waals surface area contributed by atoms with Gasteiger partial charge in [0.1, 0.15) is 12.3 Å². The van der Waals surface area contributed by atoms with Crippen LogP contribution in [0, 0.1) is 0 Å². The predicted octanol–water partition coefficient (Wildman–Crippen LogP) is 2.82. The number of hydrogen-bond acceptors (Lipinski definition) is 8. The Bertz CT molecular complexity index is 1160. The number of ether oxygens (including phenoxy) is 4. The molecule has 0 aromatic heterocycles. The summed E-state index contributed by atoms with van der Waals surface area (Å²) in [6, 6.07) is 10.7. The summed E-state index contributed by atoms with van der Waals surface area (Å²) in [4.78, 5) is 38.9. The van der Waals surface area contributed by atoms with Gasteiger partial charge in [0.15, 0.2) is 11.5 Å². The first kappa shape index (κ1) is 33.0. The number of carboxylic acids is 1. The number of aliphatic carboxylic acids is 1. The summed E-state index contributed by atoms with van der Waals surface area (Å²) in [5, 5.41) is 10.4. The number of carboxylic acid groups (broad SMARTS) is 1. The van der Waals surface area contributed by atoms with E-state index in [1.54, 1.807) is 17.0 Å². The molecule has 0 radical (unpaired) electrons. The van der Waals surface area contributed by atoms with Crippen LogP contribution in [0.4, 0.5) is 13.2 Å². The Morgan fingerprint density at radius 1 is 1.00 bits per heavy atom. The molecule has 0 unspecified atom stereocenters. The zero-order valence-electron chi connectivity index (χ0n) is 23.2. The second-order valence-corrected chi connectivity index (χ2v) is 8.59. The van der Waals surface area contributed by atoms with E-state index in [0.717, 1.165) is 18.7 Å². The van der Waals surface area contributed by atoms with Crippen molar-refractivity contribution in [3.63, 3.8) is 0 Å². The van der Waals surface area contributed by atoms with E-state index in [1.165, 1.54) is 26.2 Å². The minimum absolute atomic E-state index is 0.0473. The molecule has 2 aromatic rings. The quantitative estimate of drug-likeness (QED) is 0.433. The lowest BCUT2D eigenvalue weighted by Crippen LogP contribution is -2.50. The van der Waals surface area contributed by atoms with Crippen molar-refractivity contribution in [2.24, 2.45) is 0 Å². The summed E-state index contributed by atoms with van der Waals surface area (Å²) in [5.41, 5.74) is 1.20. The number of hydrogen-bond donors (Lipinski definition) is 2. The molecule has 0 atom stereocenters. The summed E-state index contributed by atoms with van der Waals surface area (Å²) in [6.45, 7) is 5.36. The van der Waals surface area contributed by atoms with Gasteiger partial charge in [-0.2, -0.15) is 13.2 Å². The predicted molar refractivity (Wildman–Crippen MR) is 142 cm³/mol. The second kappa shape index (κ2) is 15.6. The molecular weight excluding hydrogens is 551 g/mol. The van der Waals surface area contributed by atoms with Crippen LogP contribution in [-0.4, -0.2) is 99.5 Å². The number of carbonyl (C=O) groups is 3. The first-order chi connectivity index (χ1) is 19.4. The smallest absolute Gasteiger partial charge is 0.490 e. The van der Waals surface area contributed by atoms with E-state index in [2.05, 4.69) is 5.32 Å². The van der Waals surface area contributed by atoms with Crippen LogP contribution in [0.3, 0.4) is 0 Å². The number of carbonyl (C=O) groups excluding carboxylic acids is 2. The van der Waals surface area contributed by atoms with Gasteiger partial charge in [-0.3, -0.25) is 9.59 Å². The van der Waals surface area contributed by atoms with Crippen molar-refractivity contribution in [2.75, 3.05) is 60.7 Å². The molecule has 2 amide bonds. The fourth-order valence-corrected chi connectivity index (χ4v) is 3.88. The second-order valence-electron chi connectivity index (χ2n) is 8.59. The third-order valence-corrected chi connectivity index (χ3v) is 5.82. The molecule has 1 fully saturated rings. The molecule has 1 aliphatic rings. The topological polar surface area (TPSA) is 127 Å². The van der Waals surface area contributed by atoms with Crippen molar-refractivity contribution in [2.45, 2.75) is 19.6 Å². The number of alkyl halides is 3. The van der Waals surface area contributed by atoms with Crippen molar-refractivity contribution < 1.29 is 51.6 Å². The third-order valence-electron chi connectivity index (χ3n) is 5.82. The van der Waals surface area contributed by atoms with E-state index >= 15 is 0 Å². The highest BCUT2D eigenvalue weighted by molar-refractivity contribution is 5.97. The van der Waals surface area contributed by atoms with Crippen LogP contribution >= 0.6 is 0 Å². The number of amides is 2. The number of methoxy groups -OCH3 is 3. The van der Waals surface area contributed by atoms with E-state index < -0.39 is 12.1 Å². The fourth-order valence-electron chi connectivity index (χ4n) is 3.88. The van der Waals surface area contributed by atoms with Crippen LogP contribution in [0.5, 0.6) is 23.0 Å². The van der Waals surface area contributed by atoms with Crippen molar-refractivity contribution >= 4 is 17.8 Å². The summed E-state index contributed by atoms with van der Waals surface area (Å²) in [7, 11) is 4.50. The van der Waals surface area contributed by atoms with Gasteiger partial charge in [0.2, 0.25) is 11.7 Å². The minimum atomic E-state index is -5.08. The van der Waals surface area contributed by atoms with Gasteiger partial charge in [-0.05, 0) is 36.8 Å². The zero-order valence-corrected chi connectivity index (χ0v) is 23.2. The average Bonchev–Trinajstić information content (AvgIpc) is 2.96.